The highest BCUT2D eigenvalue weighted by atomic mass is 19.4. The molecule has 0 radical (unpaired) electrons. The van der Waals surface area contributed by atoms with Gasteiger partial charge >= 0.3 is 6.18 Å². The molecule has 0 amide bonds. The Kier molecular flexibility index (Phi) is 5.40. The molecule has 0 fully saturated rings. The molecule has 1 rings (SSSR count). The highest BCUT2D eigenvalue weighted by Crippen LogP contribution is 2.31. The van der Waals surface area contributed by atoms with Crippen LogP contribution in [0.1, 0.15) is 31.4 Å². The molecular formula is C14H18F3N3. The van der Waals surface area contributed by atoms with Crippen LogP contribution in [0.15, 0.2) is 18.2 Å². The Morgan fingerprint density at radius 2 is 2.00 bits per heavy atom. The van der Waals surface area contributed by atoms with Crippen molar-refractivity contribution >= 4 is 5.69 Å². The molecule has 0 spiro atoms. The minimum atomic E-state index is -4.45. The number of rotatable bonds is 5. The Morgan fingerprint density at radius 1 is 1.35 bits per heavy atom. The highest BCUT2D eigenvalue weighted by molar-refractivity contribution is 5.59. The zero-order valence-corrected chi connectivity index (χ0v) is 11.5. The SMILES string of the molecule is CC(C)CC(CN)Nc1ccc(C(F)(F)F)cc1C#N. The van der Waals surface area contributed by atoms with Crippen LogP contribution in [0.3, 0.4) is 0 Å². The number of benzene rings is 1. The summed E-state index contributed by atoms with van der Waals surface area (Å²) in [6, 6.07) is 4.82. The van der Waals surface area contributed by atoms with Gasteiger partial charge in [-0.15, -0.1) is 0 Å². The van der Waals surface area contributed by atoms with E-state index >= 15 is 0 Å². The maximum absolute atomic E-state index is 12.6. The van der Waals surface area contributed by atoms with E-state index in [-0.39, 0.29) is 11.6 Å². The Labute approximate surface area is 116 Å². The first-order chi connectivity index (χ1) is 9.27. The second-order valence-electron chi connectivity index (χ2n) is 5.08. The number of nitrogens with zero attached hydrogens (tertiary/aromatic N) is 1. The standard InChI is InChI=1S/C14H18F3N3/c1-9(2)5-12(8-19)20-13-4-3-11(14(15,16)17)6-10(13)7-18/h3-4,6,9,12,20H,5,8,19H2,1-2H3. The molecule has 1 unspecified atom stereocenters. The summed E-state index contributed by atoms with van der Waals surface area (Å²) in [6.45, 7) is 4.41. The molecule has 3 N–H and O–H groups in total. The number of hydrogen-bond acceptors (Lipinski definition) is 3. The summed E-state index contributed by atoms with van der Waals surface area (Å²) in [5, 5.41) is 12.0. The lowest BCUT2D eigenvalue weighted by molar-refractivity contribution is -0.137. The average Bonchev–Trinajstić information content (AvgIpc) is 2.36. The first kappa shape index (κ1) is 16.3. The minimum Gasteiger partial charge on any atom is -0.380 e. The van der Waals surface area contributed by atoms with Gasteiger partial charge < -0.3 is 11.1 Å². The van der Waals surface area contributed by atoms with E-state index in [9.17, 15) is 13.2 Å². The first-order valence-electron chi connectivity index (χ1n) is 6.35. The Hall–Kier alpha value is -1.74. The predicted molar refractivity (Wildman–Crippen MR) is 72.1 cm³/mol. The maximum Gasteiger partial charge on any atom is 0.416 e. The average molecular weight is 285 g/mol. The smallest absolute Gasteiger partial charge is 0.380 e. The third-order valence-electron chi connectivity index (χ3n) is 2.87. The zero-order chi connectivity index (χ0) is 15.3. The first-order valence-corrected chi connectivity index (χ1v) is 6.35. The molecule has 0 aliphatic heterocycles. The van der Waals surface area contributed by atoms with Crippen molar-refractivity contribution in [1.82, 2.24) is 0 Å². The summed E-state index contributed by atoms with van der Waals surface area (Å²) in [4.78, 5) is 0. The Balaban J connectivity index is 2.99. The van der Waals surface area contributed by atoms with Crippen LogP contribution in [0, 0.1) is 17.2 Å². The molecule has 1 atom stereocenters. The van der Waals surface area contributed by atoms with Crippen molar-refractivity contribution < 1.29 is 13.2 Å². The van der Waals surface area contributed by atoms with Crippen molar-refractivity contribution in [2.75, 3.05) is 11.9 Å². The van der Waals surface area contributed by atoms with Gasteiger partial charge in [0.25, 0.3) is 0 Å². The van der Waals surface area contributed by atoms with Crippen LogP contribution >= 0.6 is 0 Å². The monoisotopic (exact) mass is 285 g/mol. The largest absolute Gasteiger partial charge is 0.416 e. The van der Waals surface area contributed by atoms with Crippen LogP contribution in [0.4, 0.5) is 18.9 Å². The lowest BCUT2D eigenvalue weighted by atomic mass is 10.0. The molecule has 1 aromatic carbocycles. The van der Waals surface area contributed by atoms with Crippen molar-refractivity contribution in [3.8, 4) is 6.07 Å². The van der Waals surface area contributed by atoms with E-state index in [4.69, 9.17) is 11.0 Å². The third-order valence-corrected chi connectivity index (χ3v) is 2.87. The fourth-order valence-corrected chi connectivity index (χ4v) is 1.94. The van der Waals surface area contributed by atoms with E-state index in [1.165, 1.54) is 6.07 Å². The second kappa shape index (κ2) is 6.62. The van der Waals surface area contributed by atoms with Crippen molar-refractivity contribution in [2.45, 2.75) is 32.5 Å². The van der Waals surface area contributed by atoms with Crippen LogP contribution in [-0.2, 0) is 6.18 Å². The van der Waals surface area contributed by atoms with Crippen LogP contribution in [-0.4, -0.2) is 12.6 Å². The summed E-state index contributed by atoms with van der Waals surface area (Å²) in [6.07, 6.45) is -3.67. The summed E-state index contributed by atoms with van der Waals surface area (Å²) < 4.78 is 37.8. The molecule has 0 aliphatic rings. The van der Waals surface area contributed by atoms with Crippen LogP contribution in [0.2, 0.25) is 0 Å². The molecule has 6 heteroatoms. The fraction of sp³-hybridized carbons (Fsp3) is 0.500. The number of nitrogens with one attached hydrogen (secondary N) is 1. The van der Waals surface area contributed by atoms with Gasteiger partial charge in [0.15, 0.2) is 0 Å². The van der Waals surface area contributed by atoms with Gasteiger partial charge in [-0.1, -0.05) is 13.8 Å². The summed E-state index contributed by atoms with van der Waals surface area (Å²) in [5.41, 5.74) is 5.17. The van der Waals surface area contributed by atoms with E-state index in [0.717, 1.165) is 18.6 Å². The van der Waals surface area contributed by atoms with Crippen LogP contribution in [0.5, 0.6) is 0 Å². The van der Waals surface area contributed by atoms with Gasteiger partial charge in [-0.3, -0.25) is 0 Å². The number of nitrogens with two attached hydrogens (primary N) is 1. The molecule has 0 aromatic heterocycles. The zero-order valence-electron chi connectivity index (χ0n) is 11.5. The molecule has 0 heterocycles. The molecule has 0 aliphatic carbocycles. The van der Waals surface area contributed by atoms with Crippen molar-refractivity contribution in [3.05, 3.63) is 29.3 Å². The van der Waals surface area contributed by atoms with Gasteiger partial charge in [0.1, 0.15) is 6.07 Å². The van der Waals surface area contributed by atoms with Crippen molar-refractivity contribution in [1.29, 1.82) is 5.26 Å². The van der Waals surface area contributed by atoms with Crippen molar-refractivity contribution in [3.63, 3.8) is 0 Å². The number of nitriles is 1. The number of halogens is 3. The van der Waals surface area contributed by atoms with Gasteiger partial charge in [-0.25, -0.2) is 0 Å². The number of hydrogen-bond donors (Lipinski definition) is 2. The molecule has 110 valence electrons. The van der Waals surface area contributed by atoms with Crippen LogP contribution < -0.4 is 11.1 Å². The van der Waals surface area contributed by atoms with Crippen molar-refractivity contribution in [2.24, 2.45) is 11.7 Å². The topological polar surface area (TPSA) is 61.8 Å². The molecule has 20 heavy (non-hydrogen) atoms. The van der Waals surface area contributed by atoms with Gasteiger partial charge in [-0.2, -0.15) is 18.4 Å². The third kappa shape index (κ3) is 4.42. The summed E-state index contributed by atoms with van der Waals surface area (Å²) in [7, 11) is 0. The molecular weight excluding hydrogens is 267 g/mol. The molecule has 3 nitrogen and oxygen atoms in total. The quantitative estimate of drug-likeness (QED) is 0.872. The van der Waals surface area contributed by atoms with E-state index in [0.29, 0.717) is 18.2 Å². The number of anilines is 1. The van der Waals surface area contributed by atoms with Gasteiger partial charge in [-0.05, 0) is 30.5 Å². The fourth-order valence-electron chi connectivity index (χ4n) is 1.94. The second-order valence-corrected chi connectivity index (χ2v) is 5.08. The van der Waals surface area contributed by atoms with Crippen LogP contribution in [0.25, 0.3) is 0 Å². The normalized spacial score (nSPS) is 13.1. The Bertz CT molecular complexity index is 489. The predicted octanol–water partition coefficient (Wildman–Crippen LogP) is 3.36. The molecule has 0 saturated heterocycles. The summed E-state index contributed by atoms with van der Waals surface area (Å²) >= 11 is 0. The van der Waals surface area contributed by atoms with Gasteiger partial charge in [0.05, 0.1) is 16.8 Å². The van der Waals surface area contributed by atoms with Gasteiger partial charge in [0.2, 0.25) is 0 Å². The molecule has 0 saturated carbocycles. The molecule has 1 aromatic rings. The van der Waals surface area contributed by atoms with Gasteiger partial charge in [0, 0.05) is 12.6 Å². The number of alkyl halides is 3. The van der Waals surface area contributed by atoms with E-state index in [1.807, 2.05) is 13.8 Å². The lowest BCUT2D eigenvalue weighted by Crippen LogP contribution is -2.30. The maximum atomic E-state index is 12.6. The van der Waals surface area contributed by atoms with E-state index in [2.05, 4.69) is 5.32 Å². The lowest BCUT2D eigenvalue weighted by Gasteiger charge is -2.21. The minimum absolute atomic E-state index is 0.0259. The Morgan fingerprint density at radius 3 is 2.45 bits per heavy atom. The van der Waals surface area contributed by atoms with E-state index in [1.54, 1.807) is 6.07 Å². The van der Waals surface area contributed by atoms with E-state index < -0.39 is 11.7 Å². The molecule has 0 bridgehead atoms. The summed E-state index contributed by atoms with van der Waals surface area (Å²) in [5.74, 6) is 0.399. The highest BCUT2D eigenvalue weighted by Gasteiger charge is 2.31.